The highest BCUT2D eigenvalue weighted by Gasteiger charge is 2.46. The van der Waals surface area contributed by atoms with Crippen molar-refractivity contribution in [2.24, 2.45) is 0 Å². The first-order valence-electron chi connectivity index (χ1n) is 12.0. The molecular formula is C27H23ClN6O4. The predicted molar refractivity (Wildman–Crippen MR) is 142 cm³/mol. The van der Waals surface area contributed by atoms with Crippen LogP contribution in [0.1, 0.15) is 16.6 Å². The molecule has 4 atom stereocenters. The summed E-state index contributed by atoms with van der Waals surface area (Å²) in [6.07, 6.45) is -0.0697. The minimum atomic E-state index is -1.18. The van der Waals surface area contributed by atoms with Gasteiger partial charge in [0.05, 0.1) is 12.9 Å². The molecule has 1 aliphatic rings. The molecule has 10 nitrogen and oxygen atoms in total. The lowest BCUT2D eigenvalue weighted by atomic mass is 10.1. The Labute approximate surface area is 221 Å². The number of rotatable bonds is 6. The third kappa shape index (κ3) is 4.33. The largest absolute Gasteiger partial charge is 0.394 e. The quantitative estimate of drug-likeness (QED) is 0.262. The van der Waals surface area contributed by atoms with E-state index in [0.717, 1.165) is 16.5 Å². The van der Waals surface area contributed by atoms with Gasteiger partial charge in [-0.15, -0.1) is 0 Å². The van der Waals surface area contributed by atoms with E-state index in [0.29, 0.717) is 27.6 Å². The molecule has 4 N–H and O–H groups in total. The number of carbonyl (C=O) groups is 1. The van der Waals surface area contributed by atoms with Crippen molar-refractivity contribution in [3.05, 3.63) is 90.0 Å². The Morgan fingerprint density at radius 3 is 2.71 bits per heavy atom. The number of anilines is 2. The standard InChI is InChI=1S/C27H23ClN6O4/c28-17-8-3-7-16(11-17)26(37)33-21-23(36)20(12-35)38-27(21)34-14-31-22-24(29-13-30-25(22)34)32-19-10-4-6-15-5-1-2-9-18(15)19/h1-11,13-14,20-21,23,27,35-36H,12H2,(H,33,37)(H,29,30,32)/t20-,21-,23-,27-/m1/s1. The first kappa shape index (κ1) is 24.3. The van der Waals surface area contributed by atoms with Crippen molar-refractivity contribution in [2.45, 2.75) is 24.5 Å². The molecule has 5 aromatic rings. The maximum atomic E-state index is 13.0. The van der Waals surface area contributed by atoms with Crippen LogP contribution in [0.15, 0.2) is 79.4 Å². The number of aliphatic hydroxyl groups is 2. The van der Waals surface area contributed by atoms with E-state index in [1.54, 1.807) is 22.8 Å². The normalized spacial score (nSPS) is 21.1. The second-order valence-electron chi connectivity index (χ2n) is 8.95. The SMILES string of the molecule is O=C(N[C@@H]1[C@H](O)[C@@H](CO)O[C@H]1n1cnc2c(Nc3cccc4ccccc34)ncnc21)c1cccc(Cl)c1. The Balaban J connectivity index is 1.34. The highest BCUT2D eigenvalue weighted by molar-refractivity contribution is 6.31. The van der Waals surface area contributed by atoms with Crippen LogP contribution < -0.4 is 10.6 Å². The van der Waals surface area contributed by atoms with Crippen LogP contribution in [0.5, 0.6) is 0 Å². The molecule has 3 heterocycles. The Bertz CT molecular complexity index is 1640. The fraction of sp³-hybridized carbons (Fsp3) is 0.185. The fourth-order valence-electron chi connectivity index (χ4n) is 4.75. The molecule has 192 valence electrons. The zero-order chi connectivity index (χ0) is 26.2. The summed E-state index contributed by atoms with van der Waals surface area (Å²) in [6, 6.07) is 19.5. The predicted octanol–water partition coefficient (Wildman–Crippen LogP) is 3.43. The molecular weight excluding hydrogens is 508 g/mol. The molecule has 0 unspecified atom stereocenters. The van der Waals surface area contributed by atoms with E-state index in [2.05, 4.69) is 25.6 Å². The lowest BCUT2D eigenvalue weighted by molar-refractivity contribution is -0.0440. The average Bonchev–Trinajstić information content (AvgIpc) is 3.50. The van der Waals surface area contributed by atoms with Crippen LogP contribution in [0, 0.1) is 0 Å². The minimum absolute atomic E-state index is 0.329. The Hall–Kier alpha value is -4.09. The van der Waals surface area contributed by atoms with E-state index >= 15 is 0 Å². The molecule has 0 aliphatic carbocycles. The first-order chi connectivity index (χ1) is 18.5. The number of imidazole rings is 1. The molecule has 0 spiro atoms. The monoisotopic (exact) mass is 530 g/mol. The van der Waals surface area contributed by atoms with Crippen LogP contribution >= 0.6 is 11.6 Å². The van der Waals surface area contributed by atoms with Crippen LogP contribution in [-0.2, 0) is 4.74 Å². The number of aromatic nitrogens is 4. The third-order valence-electron chi connectivity index (χ3n) is 6.61. The van der Waals surface area contributed by atoms with Gasteiger partial charge in [0.2, 0.25) is 0 Å². The number of carbonyl (C=O) groups excluding carboxylic acids is 1. The second-order valence-corrected chi connectivity index (χ2v) is 9.38. The minimum Gasteiger partial charge on any atom is -0.394 e. The molecule has 2 aromatic heterocycles. The number of hydrogen-bond acceptors (Lipinski definition) is 8. The number of nitrogens with one attached hydrogen (secondary N) is 2. The van der Waals surface area contributed by atoms with Gasteiger partial charge in [-0.25, -0.2) is 15.0 Å². The maximum absolute atomic E-state index is 13.0. The Morgan fingerprint density at radius 2 is 1.87 bits per heavy atom. The van der Waals surface area contributed by atoms with Gasteiger partial charge in [0, 0.05) is 21.7 Å². The van der Waals surface area contributed by atoms with Crippen LogP contribution in [0.25, 0.3) is 21.9 Å². The summed E-state index contributed by atoms with van der Waals surface area (Å²) in [5.41, 5.74) is 2.10. The summed E-state index contributed by atoms with van der Waals surface area (Å²) in [7, 11) is 0. The van der Waals surface area contributed by atoms with Crippen molar-refractivity contribution >= 4 is 50.9 Å². The van der Waals surface area contributed by atoms with Crippen LogP contribution in [-0.4, -0.2) is 60.5 Å². The van der Waals surface area contributed by atoms with Gasteiger partial charge < -0.3 is 25.6 Å². The third-order valence-corrected chi connectivity index (χ3v) is 6.85. The lowest BCUT2D eigenvalue weighted by Crippen LogP contribution is -2.46. The van der Waals surface area contributed by atoms with Gasteiger partial charge in [0.25, 0.3) is 5.91 Å². The Morgan fingerprint density at radius 1 is 1.05 bits per heavy atom. The Kier molecular flexibility index (Phi) is 6.38. The van der Waals surface area contributed by atoms with Gasteiger partial charge >= 0.3 is 0 Å². The van der Waals surface area contributed by atoms with E-state index in [1.165, 1.54) is 18.7 Å². The molecule has 1 aliphatic heterocycles. The number of amides is 1. The van der Waals surface area contributed by atoms with E-state index in [1.807, 2.05) is 42.5 Å². The number of fused-ring (bicyclic) bond motifs is 2. The van der Waals surface area contributed by atoms with Crippen molar-refractivity contribution in [2.75, 3.05) is 11.9 Å². The van der Waals surface area contributed by atoms with E-state index < -0.39 is 37.0 Å². The molecule has 1 saturated heterocycles. The van der Waals surface area contributed by atoms with Crippen molar-refractivity contribution in [3.8, 4) is 0 Å². The van der Waals surface area contributed by atoms with Gasteiger partial charge in [-0.1, -0.05) is 54.1 Å². The molecule has 3 aromatic carbocycles. The van der Waals surface area contributed by atoms with Crippen LogP contribution in [0.4, 0.5) is 11.5 Å². The van der Waals surface area contributed by atoms with Crippen molar-refractivity contribution < 1.29 is 19.7 Å². The topological polar surface area (TPSA) is 134 Å². The number of benzene rings is 3. The highest BCUT2D eigenvalue weighted by atomic mass is 35.5. The maximum Gasteiger partial charge on any atom is 0.251 e. The van der Waals surface area contributed by atoms with Crippen LogP contribution in [0.2, 0.25) is 5.02 Å². The molecule has 6 rings (SSSR count). The summed E-state index contributed by atoms with van der Waals surface area (Å²) in [4.78, 5) is 26.3. The van der Waals surface area contributed by atoms with Crippen LogP contribution in [0.3, 0.4) is 0 Å². The summed E-state index contributed by atoms with van der Waals surface area (Å²) in [5, 5.41) is 29.4. The molecule has 1 amide bonds. The molecule has 38 heavy (non-hydrogen) atoms. The smallest absolute Gasteiger partial charge is 0.251 e. The molecule has 11 heteroatoms. The van der Waals surface area contributed by atoms with E-state index in [9.17, 15) is 15.0 Å². The summed E-state index contributed by atoms with van der Waals surface area (Å²) in [5.74, 6) is 0.0444. The number of ether oxygens (including phenoxy) is 1. The van der Waals surface area contributed by atoms with Gasteiger partial charge in [-0.05, 0) is 29.7 Å². The van der Waals surface area contributed by atoms with Gasteiger partial charge in [-0.2, -0.15) is 0 Å². The highest BCUT2D eigenvalue weighted by Crippen LogP contribution is 2.34. The first-order valence-corrected chi connectivity index (χ1v) is 12.3. The number of hydrogen-bond donors (Lipinski definition) is 4. The van der Waals surface area contributed by atoms with Crippen molar-refractivity contribution in [1.29, 1.82) is 0 Å². The van der Waals surface area contributed by atoms with E-state index in [-0.39, 0.29) is 0 Å². The number of aliphatic hydroxyl groups excluding tert-OH is 2. The number of nitrogens with zero attached hydrogens (tertiary/aromatic N) is 4. The second kappa shape index (κ2) is 9.99. The van der Waals surface area contributed by atoms with Crippen molar-refractivity contribution in [3.63, 3.8) is 0 Å². The van der Waals surface area contributed by atoms with Gasteiger partial charge in [0.1, 0.15) is 24.6 Å². The lowest BCUT2D eigenvalue weighted by Gasteiger charge is -2.23. The summed E-state index contributed by atoms with van der Waals surface area (Å²) >= 11 is 6.04. The zero-order valence-corrected chi connectivity index (χ0v) is 20.7. The fourth-order valence-corrected chi connectivity index (χ4v) is 4.94. The molecule has 0 radical (unpaired) electrons. The van der Waals surface area contributed by atoms with Gasteiger partial charge in [0.15, 0.2) is 23.2 Å². The number of halogens is 1. The summed E-state index contributed by atoms with van der Waals surface area (Å²) < 4.78 is 7.58. The average molecular weight is 531 g/mol. The molecule has 0 saturated carbocycles. The molecule has 0 bridgehead atoms. The van der Waals surface area contributed by atoms with Crippen molar-refractivity contribution in [1.82, 2.24) is 24.8 Å². The van der Waals surface area contributed by atoms with Gasteiger partial charge in [-0.3, -0.25) is 9.36 Å². The molecule has 1 fully saturated rings. The van der Waals surface area contributed by atoms with E-state index in [4.69, 9.17) is 16.3 Å². The summed E-state index contributed by atoms with van der Waals surface area (Å²) in [6.45, 7) is -0.434. The zero-order valence-electron chi connectivity index (χ0n) is 19.9.